The van der Waals surface area contributed by atoms with E-state index >= 15 is 0 Å². The number of carboxylic acids is 1. The highest BCUT2D eigenvalue weighted by Gasteiger charge is 2.36. The Kier molecular flexibility index (Phi) is 6.14. The van der Waals surface area contributed by atoms with Crippen LogP contribution < -0.4 is 5.32 Å². The van der Waals surface area contributed by atoms with Crippen LogP contribution in [-0.4, -0.2) is 60.1 Å². The molecule has 0 aliphatic carbocycles. The summed E-state index contributed by atoms with van der Waals surface area (Å²) in [5, 5.41) is 11.5. The van der Waals surface area contributed by atoms with Crippen LogP contribution in [0.3, 0.4) is 0 Å². The molecule has 2 N–H and O–H groups in total. The largest absolute Gasteiger partial charge is 0.479 e. The minimum atomic E-state index is -1.06. The molecule has 1 aliphatic heterocycles. The molecule has 1 rings (SSSR count). The highest BCUT2D eigenvalue weighted by molar-refractivity contribution is 5.89. The van der Waals surface area contributed by atoms with Gasteiger partial charge >= 0.3 is 5.97 Å². The highest BCUT2D eigenvalue weighted by Crippen LogP contribution is 2.20. The predicted molar refractivity (Wildman–Crippen MR) is 75.6 cm³/mol. The number of carbonyl (C=O) groups excluding carboxylic acids is 2. The van der Waals surface area contributed by atoms with Gasteiger partial charge in [-0.05, 0) is 25.2 Å². The number of rotatable bonds is 6. The van der Waals surface area contributed by atoms with E-state index in [0.29, 0.717) is 19.3 Å². The van der Waals surface area contributed by atoms with Crippen LogP contribution >= 0.6 is 0 Å². The summed E-state index contributed by atoms with van der Waals surface area (Å²) in [6.07, 6.45) is -0.542. The fourth-order valence-corrected chi connectivity index (χ4v) is 2.28. The fourth-order valence-electron chi connectivity index (χ4n) is 2.28. The molecule has 0 aromatic rings. The molecular formula is C14H24N2O5. The van der Waals surface area contributed by atoms with Crippen molar-refractivity contribution in [3.63, 3.8) is 0 Å². The van der Waals surface area contributed by atoms with Gasteiger partial charge in [-0.3, -0.25) is 9.59 Å². The van der Waals surface area contributed by atoms with Gasteiger partial charge in [0.05, 0.1) is 0 Å². The third-order valence-electron chi connectivity index (χ3n) is 3.35. The highest BCUT2D eigenvalue weighted by atomic mass is 16.5. The van der Waals surface area contributed by atoms with E-state index in [-0.39, 0.29) is 11.8 Å². The molecule has 0 spiro atoms. The summed E-state index contributed by atoms with van der Waals surface area (Å²) in [6, 6.07) is -0.611. The molecule has 7 heteroatoms. The molecule has 120 valence electrons. The standard InChI is InChI=1S/C14H24N2O5/c1-8(2)7-9(13(18)16(3)4)15-12(17)10-5-6-11(21-10)14(19)20/h8-11H,5-7H2,1-4H3,(H,15,17)(H,19,20). The van der Waals surface area contributed by atoms with Crippen molar-refractivity contribution in [2.75, 3.05) is 14.1 Å². The van der Waals surface area contributed by atoms with Gasteiger partial charge in [0, 0.05) is 14.1 Å². The first-order chi connectivity index (χ1) is 9.72. The van der Waals surface area contributed by atoms with Gasteiger partial charge in [-0.2, -0.15) is 0 Å². The van der Waals surface area contributed by atoms with Crippen LogP contribution in [-0.2, 0) is 19.1 Å². The number of amides is 2. The average Bonchev–Trinajstić information content (AvgIpc) is 2.86. The van der Waals surface area contributed by atoms with Gasteiger partial charge in [0.15, 0.2) is 6.10 Å². The number of nitrogens with one attached hydrogen (secondary N) is 1. The van der Waals surface area contributed by atoms with Gasteiger partial charge in [-0.15, -0.1) is 0 Å². The molecule has 3 unspecified atom stereocenters. The zero-order valence-corrected chi connectivity index (χ0v) is 13.0. The maximum atomic E-state index is 12.1. The number of hydrogen-bond acceptors (Lipinski definition) is 4. The normalized spacial score (nSPS) is 22.9. The van der Waals surface area contributed by atoms with Gasteiger partial charge in [0.2, 0.25) is 11.8 Å². The lowest BCUT2D eigenvalue weighted by Gasteiger charge is -2.24. The molecule has 1 fully saturated rings. The zero-order chi connectivity index (χ0) is 16.2. The molecule has 0 saturated carbocycles. The topological polar surface area (TPSA) is 95.9 Å². The van der Waals surface area contributed by atoms with Crippen LogP contribution in [0.4, 0.5) is 0 Å². The van der Waals surface area contributed by atoms with Crippen molar-refractivity contribution in [2.45, 2.75) is 51.4 Å². The van der Waals surface area contributed by atoms with E-state index in [0.717, 1.165) is 0 Å². The predicted octanol–water partition coefficient (Wildman–Crippen LogP) is 0.238. The average molecular weight is 300 g/mol. The minimum absolute atomic E-state index is 0.176. The lowest BCUT2D eigenvalue weighted by Crippen LogP contribution is -2.50. The van der Waals surface area contributed by atoms with E-state index in [9.17, 15) is 14.4 Å². The number of carbonyl (C=O) groups is 3. The maximum Gasteiger partial charge on any atom is 0.332 e. The molecule has 0 aromatic heterocycles. The Labute approximate surface area is 124 Å². The van der Waals surface area contributed by atoms with E-state index in [1.165, 1.54) is 4.90 Å². The first-order valence-electron chi connectivity index (χ1n) is 7.12. The monoisotopic (exact) mass is 300 g/mol. The van der Waals surface area contributed by atoms with Crippen LogP contribution in [0, 0.1) is 5.92 Å². The van der Waals surface area contributed by atoms with E-state index < -0.39 is 30.1 Å². The second-order valence-electron chi connectivity index (χ2n) is 5.95. The summed E-state index contributed by atoms with van der Waals surface area (Å²) in [5.74, 6) is -1.41. The van der Waals surface area contributed by atoms with Gasteiger partial charge in [-0.1, -0.05) is 13.8 Å². The van der Waals surface area contributed by atoms with Crippen molar-refractivity contribution >= 4 is 17.8 Å². The van der Waals surface area contributed by atoms with Crippen LogP contribution in [0.2, 0.25) is 0 Å². The Morgan fingerprint density at radius 3 is 2.24 bits per heavy atom. The summed E-state index contributed by atoms with van der Waals surface area (Å²) >= 11 is 0. The molecular weight excluding hydrogens is 276 g/mol. The van der Waals surface area contributed by atoms with Gasteiger partial charge in [-0.25, -0.2) is 4.79 Å². The van der Waals surface area contributed by atoms with Crippen LogP contribution in [0.25, 0.3) is 0 Å². The lowest BCUT2D eigenvalue weighted by molar-refractivity contribution is -0.152. The van der Waals surface area contributed by atoms with Gasteiger partial charge in [0.1, 0.15) is 12.1 Å². The Bertz CT molecular complexity index is 408. The summed E-state index contributed by atoms with van der Waals surface area (Å²) in [7, 11) is 3.27. The summed E-state index contributed by atoms with van der Waals surface area (Å²) < 4.78 is 5.19. The third kappa shape index (κ3) is 5.00. The number of hydrogen-bond donors (Lipinski definition) is 2. The van der Waals surface area contributed by atoms with Gasteiger partial charge < -0.3 is 20.1 Å². The number of aliphatic carboxylic acids is 1. The van der Waals surface area contributed by atoms with Crippen molar-refractivity contribution in [1.82, 2.24) is 10.2 Å². The minimum Gasteiger partial charge on any atom is -0.479 e. The first kappa shape index (κ1) is 17.4. The first-order valence-corrected chi connectivity index (χ1v) is 7.12. The second-order valence-corrected chi connectivity index (χ2v) is 5.95. The van der Waals surface area contributed by atoms with Crippen LogP contribution in [0.15, 0.2) is 0 Å². The van der Waals surface area contributed by atoms with E-state index in [2.05, 4.69) is 5.32 Å². The molecule has 0 aromatic carbocycles. The Morgan fingerprint density at radius 2 is 1.81 bits per heavy atom. The van der Waals surface area contributed by atoms with Crippen LogP contribution in [0.1, 0.15) is 33.1 Å². The Morgan fingerprint density at radius 1 is 1.24 bits per heavy atom. The maximum absolute atomic E-state index is 12.1. The smallest absolute Gasteiger partial charge is 0.332 e. The molecule has 3 atom stereocenters. The Balaban J connectivity index is 2.64. The molecule has 1 heterocycles. The number of ether oxygens (including phenoxy) is 1. The van der Waals surface area contributed by atoms with E-state index in [1.54, 1.807) is 14.1 Å². The van der Waals surface area contributed by atoms with Crippen molar-refractivity contribution in [2.24, 2.45) is 5.92 Å². The zero-order valence-electron chi connectivity index (χ0n) is 13.0. The molecule has 1 saturated heterocycles. The van der Waals surface area contributed by atoms with Gasteiger partial charge in [0.25, 0.3) is 0 Å². The summed E-state index contributed by atoms with van der Waals surface area (Å²) in [6.45, 7) is 3.93. The Hall–Kier alpha value is -1.63. The second kappa shape index (κ2) is 7.40. The van der Waals surface area contributed by atoms with Crippen LogP contribution in [0.5, 0.6) is 0 Å². The lowest BCUT2D eigenvalue weighted by atomic mass is 10.0. The van der Waals surface area contributed by atoms with Crippen molar-refractivity contribution in [3.05, 3.63) is 0 Å². The molecule has 7 nitrogen and oxygen atoms in total. The van der Waals surface area contributed by atoms with Crippen molar-refractivity contribution < 1.29 is 24.2 Å². The summed E-state index contributed by atoms with van der Waals surface area (Å²) in [4.78, 5) is 36.5. The molecule has 1 aliphatic rings. The molecule has 0 bridgehead atoms. The number of carboxylic acid groups (broad SMARTS) is 1. The summed E-state index contributed by atoms with van der Waals surface area (Å²) in [5.41, 5.74) is 0. The fraction of sp³-hybridized carbons (Fsp3) is 0.786. The molecule has 21 heavy (non-hydrogen) atoms. The third-order valence-corrected chi connectivity index (χ3v) is 3.35. The number of likely N-dealkylation sites (N-methyl/N-ethyl adjacent to an activating group) is 1. The van der Waals surface area contributed by atoms with Crippen molar-refractivity contribution in [1.29, 1.82) is 0 Å². The van der Waals surface area contributed by atoms with E-state index in [4.69, 9.17) is 9.84 Å². The molecule has 2 amide bonds. The van der Waals surface area contributed by atoms with Crippen molar-refractivity contribution in [3.8, 4) is 0 Å². The van der Waals surface area contributed by atoms with E-state index in [1.807, 2.05) is 13.8 Å². The molecule has 0 radical (unpaired) electrons. The quantitative estimate of drug-likeness (QED) is 0.732. The number of nitrogens with zero attached hydrogens (tertiary/aromatic N) is 1. The SMILES string of the molecule is CC(C)CC(NC(=O)C1CCC(C(=O)O)O1)C(=O)N(C)C.